The van der Waals surface area contributed by atoms with E-state index in [0.29, 0.717) is 11.5 Å². The summed E-state index contributed by atoms with van der Waals surface area (Å²) in [6, 6.07) is 38.2. The molecule has 0 aliphatic heterocycles. The van der Waals surface area contributed by atoms with Gasteiger partial charge in [-0.15, -0.1) is 0 Å². The van der Waals surface area contributed by atoms with Gasteiger partial charge in [0.2, 0.25) is 0 Å². The van der Waals surface area contributed by atoms with Gasteiger partial charge in [0.25, 0.3) is 0 Å². The second kappa shape index (κ2) is 11.4. The molecule has 0 aromatic heterocycles. The average molecular weight is 536 g/mol. The van der Waals surface area contributed by atoms with Gasteiger partial charge in [0.1, 0.15) is 11.5 Å². The minimum absolute atomic E-state index is 0.00617. The van der Waals surface area contributed by atoms with Crippen molar-refractivity contribution in [3.8, 4) is 17.6 Å². The third-order valence-electron chi connectivity index (χ3n) is 6.53. The van der Waals surface area contributed by atoms with Gasteiger partial charge in [0, 0.05) is 12.0 Å². The zero-order valence-electron chi connectivity index (χ0n) is 21.1. The number of hydrogen-bond acceptors (Lipinski definition) is 6. The van der Waals surface area contributed by atoms with Crippen LogP contribution in [-0.2, 0) is 14.1 Å². The van der Waals surface area contributed by atoms with Crippen LogP contribution in [0.1, 0.15) is 30.1 Å². The Morgan fingerprint density at radius 1 is 0.744 bits per heavy atom. The maximum absolute atomic E-state index is 14.5. The zero-order chi connectivity index (χ0) is 27.1. The Morgan fingerprint density at radius 3 is 1.62 bits per heavy atom. The number of nitriles is 1. The normalized spacial score (nSPS) is 16.7. The molecule has 0 heterocycles. The molecule has 1 atom stereocenters. The van der Waals surface area contributed by atoms with E-state index < -0.39 is 24.8 Å². The van der Waals surface area contributed by atoms with Crippen molar-refractivity contribution in [2.45, 2.75) is 24.1 Å². The molecule has 39 heavy (non-hydrogen) atoms. The number of rotatable bonds is 9. The molecule has 1 aliphatic rings. The van der Waals surface area contributed by atoms with Gasteiger partial charge in [0.15, 0.2) is 11.3 Å². The Hall–Kier alpha value is -4.59. The Bertz CT molecular complexity index is 1450. The van der Waals surface area contributed by atoms with Gasteiger partial charge in [0.05, 0.1) is 6.07 Å². The van der Waals surface area contributed by atoms with Gasteiger partial charge in [-0.25, -0.2) is 9.36 Å². The summed E-state index contributed by atoms with van der Waals surface area (Å²) in [4.78, 5) is 13.5. The first-order chi connectivity index (χ1) is 19.0. The molecule has 4 aromatic rings. The van der Waals surface area contributed by atoms with Crippen molar-refractivity contribution in [2.75, 3.05) is 0 Å². The Labute approximate surface area is 227 Å². The fourth-order valence-electron chi connectivity index (χ4n) is 4.46. The van der Waals surface area contributed by atoms with Crippen molar-refractivity contribution in [3.63, 3.8) is 0 Å². The van der Waals surface area contributed by atoms with Gasteiger partial charge in [-0.1, -0.05) is 103 Å². The molecule has 0 unspecified atom stereocenters. The van der Waals surface area contributed by atoms with Gasteiger partial charge in [-0.3, -0.25) is 0 Å². The molecule has 0 saturated heterocycles. The number of carbonyl (C=O) groups excluding carboxylic acids is 1. The van der Waals surface area contributed by atoms with E-state index in [0.717, 1.165) is 11.1 Å². The van der Waals surface area contributed by atoms with E-state index in [1.165, 1.54) is 0 Å². The van der Waals surface area contributed by atoms with Crippen LogP contribution in [0.15, 0.2) is 133 Å². The van der Waals surface area contributed by atoms with E-state index in [4.69, 9.17) is 13.8 Å². The highest BCUT2D eigenvalue weighted by Crippen LogP contribution is 2.64. The smallest absolute Gasteiger partial charge is 0.449 e. The minimum Gasteiger partial charge on any atom is -0.449 e. The molecular formula is C32H26NO5P. The van der Waals surface area contributed by atoms with Crippen molar-refractivity contribution in [2.24, 2.45) is 0 Å². The summed E-state index contributed by atoms with van der Waals surface area (Å²) in [5, 5.41) is 8.75. The highest BCUT2D eigenvalue weighted by Gasteiger charge is 2.57. The first kappa shape index (κ1) is 26.0. The lowest BCUT2D eigenvalue weighted by atomic mass is 10.0. The predicted molar refractivity (Wildman–Crippen MR) is 148 cm³/mol. The molecule has 194 valence electrons. The van der Waals surface area contributed by atoms with Crippen molar-refractivity contribution >= 4 is 13.6 Å². The Kier molecular flexibility index (Phi) is 7.63. The predicted octanol–water partition coefficient (Wildman–Crippen LogP) is 7.65. The van der Waals surface area contributed by atoms with E-state index in [1.807, 2.05) is 60.7 Å². The van der Waals surface area contributed by atoms with Crippen LogP contribution in [0.2, 0.25) is 0 Å². The van der Waals surface area contributed by atoms with Crippen molar-refractivity contribution in [1.82, 2.24) is 0 Å². The number of carbonyl (C=O) groups is 1. The summed E-state index contributed by atoms with van der Waals surface area (Å²) in [5.74, 6) is 0.0158. The molecule has 0 fully saturated rings. The van der Waals surface area contributed by atoms with Crippen LogP contribution in [0.4, 0.5) is 0 Å². The van der Waals surface area contributed by atoms with Crippen molar-refractivity contribution < 1.29 is 23.1 Å². The molecule has 0 radical (unpaired) electrons. The van der Waals surface area contributed by atoms with Gasteiger partial charge < -0.3 is 13.8 Å². The summed E-state index contributed by atoms with van der Waals surface area (Å²) in [6.45, 7) is 0. The number of nitrogens with zero attached hydrogens (tertiary/aromatic N) is 1. The molecular weight excluding hydrogens is 509 g/mol. The van der Waals surface area contributed by atoms with Gasteiger partial charge in [-0.05, 0) is 41.8 Å². The van der Waals surface area contributed by atoms with Crippen molar-refractivity contribution in [3.05, 3.63) is 144 Å². The maximum Gasteiger partial charge on any atom is 0.451 e. The van der Waals surface area contributed by atoms with Crippen molar-refractivity contribution in [1.29, 1.82) is 5.26 Å². The van der Waals surface area contributed by atoms with Crippen LogP contribution < -0.4 is 9.05 Å². The van der Waals surface area contributed by atoms with Crippen LogP contribution in [0.25, 0.3) is 0 Å². The van der Waals surface area contributed by atoms with E-state index >= 15 is 0 Å². The Balaban J connectivity index is 1.43. The summed E-state index contributed by atoms with van der Waals surface area (Å²) < 4.78 is 32.4. The zero-order valence-corrected chi connectivity index (χ0v) is 21.9. The Morgan fingerprint density at radius 2 is 1.18 bits per heavy atom. The van der Waals surface area contributed by atoms with Crippen LogP contribution in [0.5, 0.6) is 11.5 Å². The molecule has 0 bridgehead atoms. The first-order valence-corrected chi connectivity index (χ1v) is 14.1. The SMILES string of the molecule is N#C[C@@]1(P(=O)(Oc2ccccc2)Oc2ccccc2)CC=C(C(=O)OC(c2ccccc2)c2ccccc2)C1. The van der Waals surface area contributed by atoms with Crippen LogP contribution >= 0.6 is 7.60 Å². The topological polar surface area (TPSA) is 85.6 Å². The third kappa shape index (κ3) is 5.65. The van der Waals surface area contributed by atoms with Crippen LogP contribution in [0, 0.1) is 11.3 Å². The molecule has 7 heteroatoms. The molecule has 0 amide bonds. The molecule has 1 aliphatic carbocycles. The third-order valence-corrected chi connectivity index (χ3v) is 8.92. The second-order valence-corrected chi connectivity index (χ2v) is 11.4. The summed E-state index contributed by atoms with van der Waals surface area (Å²) in [5.41, 5.74) is 1.88. The fourth-order valence-corrected chi connectivity index (χ4v) is 6.45. The monoisotopic (exact) mass is 535 g/mol. The van der Waals surface area contributed by atoms with Crippen LogP contribution in [-0.4, -0.2) is 11.1 Å². The van der Waals surface area contributed by atoms with E-state index in [9.17, 15) is 14.6 Å². The summed E-state index contributed by atoms with van der Waals surface area (Å²) >= 11 is 0. The minimum atomic E-state index is -4.19. The van der Waals surface area contributed by atoms with E-state index in [2.05, 4.69) is 6.07 Å². The lowest BCUT2D eigenvalue weighted by molar-refractivity contribution is -0.142. The quantitative estimate of drug-likeness (QED) is 0.162. The molecule has 0 saturated carbocycles. The number of esters is 1. The first-order valence-electron chi connectivity index (χ1n) is 12.5. The molecule has 4 aromatic carbocycles. The highest BCUT2D eigenvalue weighted by atomic mass is 31.2. The molecule has 0 N–H and O–H groups in total. The van der Waals surface area contributed by atoms with Gasteiger partial charge >= 0.3 is 13.6 Å². The number of allylic oxidation sites excluding steroid dienone is 1. The number of benzene rings is 4. The summed E-state index contributed by atoms with van der Waals surface area (Å²) in [7, 11) is -4.19. The molecule has 6 nitrogen and oxygen atoms in total. The standard InChI is InChI=1S/C32H26NO5P/c33-24-32(39(35,37-28-17-9-3-10-18-28)38-29-19-11-4-12-20-29)22-21-27(23-32)31(34)36-30(25-13-5-1-6-14-25)26-15-7-2-8-16-26/h1-21,30H,22-23H2/t32-/m1/s1. The van der Waals surface area contributed by atoms with Crippen LogP contribution in [0.3, 0.4) is 0 Å². The second-order valence-electron chi connectivity index (χ2n) is 9.17. The fraction of sp³-hybridized carbons (Fsp3) is 0.125. The molecule has 0 spiro atoms. The highest BCUT2D eigenvalue weighted by molar-refractivity contribution is 7.56. The largest absolute Gasteiger partial charge is 0.451 e. The number of para-hydroxylation sites is 2. The summed E-state index contributed by atoms with van der Waals surface area (Å²) in [6.07, 6.45) is 0.821. The van der Waals surface area contributed by atoms with E-state index in [-0.39, 0.29) is 18.4 Å². The maximum atomic E-state index is 14.5. The lowest BCUT2D eigenvalue weighted by Crippen LogP contribution is -2.30. The number of hydrogen-bond donors (Lipinski definition) is 0. The average Bonchev–Trinajstić information content (AvgIpc) is 3.45. The van der Waals surface area contributed by atoms with E-state index in [1.54, 1.807) is 66.7 Å². The van der Waals surface area contributed by atoms with Gasteiger partial charge in [-0.2, -0.15) is 5.26 Å². The lowest BCUT2D eigenvalue weighted by Gasteiger charge is -2.31. The molecule has 5 rings (SSSR count). The number of ether oxygens (including phenoxy) is 1.